The Morgan fingerprint density at radius 3 is 2.29 bits per heavy atom. The molecular weight excluding hydrogens is 415 g/mol. The molecule has 1 aliphatic carbocycles. The summed E-state index contributed by atoms with van der Waals surface area (Å²) < 4.78 is 26.6. The highest BCUT2D eigenvalue weighted by Crippen LogP contribution is 2.41. The van der Waals surface area contributed by atoms with Crippen LogP contribution in [0.3, 0.4) is 0 Å². The van der Waals surface area contributed by atoms with Crippen LogP contribution in [0, 0.1) is 0 Å². The molecule has 0 spiro atoms. The van der Waals surface area contributed by atoms with Gasteiger partial charge in [0.25, 0.3) is 0 Å². The highest BCUT2D eigenvalue weighted by molar-refractivity contribution is 7.88. The van der Waals surface area contributed by atoms with Gasteiger partial charge in [-0.2, -0.15) is 4.31 Å². The Labute approximate surface area is 179 Å². The van der Waals surface area contributed by atoms with Crippen LogP contribution in [0.2, 0.25) is 5.02 Å². The van der Waals surface area contributed by atoms with Crippen LogP contribution in [0.1, 0.15) is 36.8 Å². The van der Waals surface area contributed by atoms with E-state index in [1.54, 1.807) is 4.31 Å². The SMILES string of the molecule is CS(=O)(=O)N(Cc1ccccc1)[C@H]1CC[C@@](CN)(c2cccc(Cl)c2)CC1.Cl. The van der Waals surface area contributed by atoms with Crippen molar-refractivity contribution in [1.29, 1.82) is 0 Å². The molecule has 28 heavy (non-hydrogen) atoms. The minimum Gasteiger partial charge on any atom is -0.330 e. The van der Waals surface area contributed by atoms with Crippen LogP contribution in [0.25, 0.3) is 0 Å². The fraction of sp³-hybridized carbons (Fsp3) is 0.429. The molecule has 2 N–H and O–H groups in total. The lowest BCUT2D eigenvalue weighted by Gasteiger charge is -2.43. The Kier molecular flexibility index (Phi) is 7.94. The first kappa shape index (κ1) is 23.2. The zero-order chi connectivity index (χ0) is 19.5. The molecule has 0 unspecified atom stereocenters. The first-order valence-electron chi connectivity index (χ1n) is 9.31. The quantitative estimate of drug-likeness (QED) is 0.722. The fourth-order valence-electron chi connectivity index (χ4n) is 4.15. The second-order valence-corrected chi connectivity index (χ2v) is 9.89. The van der Waals surface area contributed by atoms with E-state index in [0.29, 0.717) is 18.1 Å². The van der Waals surface area contributed by atoms with Gasteiger partial charge in [-0.15, -0.1) is 12.4 Å². The molecule has 4 nitrogen and oxygen atoms in total. The topological polar surface area (TPSA) is 63.4 Å². The molecule has 1 aliphatic rings. The summed E-state index contributed by atoms with van der Waals surface area (Å²) >= 11 is 6.18. The lowest BCUT2D eigenvalue weighted by Crippen LogP contribution is -2.47. The van der Waals surface area contributed by atoms with Gasteiger partial charge in [0, 0.05) is 29.6 Å². The number of nitrogens with two attached hydrogens (primary N) is 1. The Balaban J connectivity index is 0.00000280. The van der Waals surface area contributed by atoms with Crippen LogP contribution in [0.15, 0.2) is 54.6 Å². The Hall–Kier alpha value is -1.11. The first-order chi connectivity index (χ1) is 12.8. The Morgan fingerprint density at radius 1 is 1.11 bits per heavy atom. The summed E-state index contributed by atoms with van der Waals surface area (Å²) in [6, 6.07) is 17.7. The lowest BCUT2D eigenvalue weighted by atomic mass is 9.68. The zero-order valence-electron chi connectivity index (χ0n) is 16.1. The van der Waals surface area contributed by atoms with E-state index in [2.05, 4.69) is 6.07 Å². The minimum atomic E-state index is -3.30. The third kappa shape index (κ3) is 5.28. The molecule has 0 bridgehead atoms. The monoisotopic (exact) mass is 442 g/mol. The van der Waals surface area contributed by atoms with Crippen molar-refractivity contribution < 1.29 is 8.42 Å². The van der Waals surface area contributed by atoms with Gasteiger partial charge in [0.05, 0.1) is 6.26 Å². The molecule has 0 aliphatic heterocycles. The van der Waals surface area contributed by atoms with E-state index in [1.165, 1.54) is 6.26 Å². The fourth-order valence-corrected chi connectivity index (χ4v) is 5.48. The minimum absolute atomic E-state index is 0. The maximum Gasteiger partial charge on any atom is 0.211 e. The number of sulfonamides is 1. The van der Waals surface area contributed by atoms with E-state index < -0.39 is 10.0 Å². The molecular formula is C21H28Cl2N2O2S. The van der Waals surface area contributed by atoms with Crippen molar-refractivity contribution in [3.05, 3.63) is 70.7 Å². The zero-order valence-corrected chi connectivity index (χ0v) is 18.4. The average Bonchev–Trinajstić information content (AvgIpc) is 2.66. The molecule has 7 heteroatoms. The highest BCUT2D eigenvalue weighted by atomic mass is 35.5. The van der Waals surface area contributed by atoms with E-state index in [0.717, 1.165) is 36.8 Å². The third-order valence-corrected chi connectivity index (χ3v) is 7.27. The number of nitrogens with zero attached hydrogens (tertiary/aromatic N) is 1. The van der Waals surface area contributed by atoms with E-state index in [-0.39, 0.29) is 23.9 Å². The van der Waals surface area contributed by atoms with Crippen molar-refractivity contribution in [3.8, 4) is 0 Å². The van der Waals surface area contributed by atoms with Crippen LogP contribution in [-0.4, -0.2) is 31.6 Å². The third-order valence-electron chi connectivity index (χ3n) is 5.75. The number of hydrogen-bond acceptors (Lipinski definition) is 3. The molecule has 0 radical (unpaired) electrons. The second-order valence-electron chi connectivity index (χ2n) is 7.52. The molecule has 1 saturated carbocycles. The molecule has 154 valence electrons. The standard InChI is InChI=1S/C21H27ClN2O2S.ClH/c1-27(25,26)24(15-17-6-3-2-4-7-17)20-10-12-21(16-23,13-11-20)18-8-5-9-19(22)14-18;/h2-9,14,20H,10-13,15-16,23H2,1H3;1H/t20-,21+;. The van der Waals surface area contributed by atoms with Crippen molar-refractivity contribution in [1.82, 2.24) is 4.31 Å². The van der Waals surface area contributed by atoms with Crippen LogP contribution in [0.4, 0.5) is 0 Å². The summed E-state index contributed by atoms with van der Waals surface area (Å²) in [5.41, 5.74) is 8.21. The lowest BCUT2D eigenvalue weighted by molar-refractivity contribution is 0.189. The molecule has 2 aromatic rings. The maximum atomic E-state index is 12.5. The number of rotatable bonds is 6. The molecule has 0 heterocycles. The summed E-state index contributed by atoms with van der Waals surface area (Å²) in [5, 5.41) is 0.712. The van der Waals surface area contributed by atoms with Crippen molar-refractivity contribution >= 4 is 34.0 Å². The van der Waals surface area contributed by atoms with Gasteiger partial charge in [0.2, 0.25) is 10.0 Å². The van der Waals surface area contributed by atoms with Gasteiger partial charge in [-0.25, -0.2) is 8.42 Å². The van der Waals surface area contributed by atoms with Gasteiger partial charge >= 0.3 is 0 Å². The predicted molar refractivity (Wildman–Crippen MR) is 119 cm³/mol. The van der Waals surface area contributed by atoms with Crippen LogP contribution in [-0.2, 0) is 22.0 Å². The molecule has 0 amide bonds. The molecule has 0 atom stereocenters. The van der Waals surface area contributed by atoms with Crippen LogP contribution < -0.4 is 5.73 Å². The molecule has 0 saturated heterocycles. The predicted octanol–water partition coefficient (Wildman–Crippen LogP) is 4.36. The number of hydrogen-bond donors (Lipinski definition) is 1. The van der Waals surface area contributed by atoms with Crippen molar-refractivity contribution in [2.24, 2.45) is 5.73 Å². The second kappa shape index (κ2) is 9.59. The summed E-state index contributed by atoms with van der Waals surface area (Å²) in [6.45, 7) is 0.953. The smallest absolute Gasteiger partial charge is 0.211 e. The Morgan fingerprint density at radius 2 is 1.75 bits per heavy atom. The normalized spacial score (nSPS) is 22.6. The maximum absolute atomic E-state index is 12.5. The number of benzene rings is 2. The van der Waals surface area contributed by atoms with Crippen LogP contribution >= 0.6 is 24.0 Å². The summed E-state index contributed by atoms with van der Waals surface area (Å²) in [7, 11) is -3.30. The van der Waals surface area contributed by atoms with Gasteiger partial charge in [0.15, 0.2) is 0 Å². The largest absolute Gasteiger partial charge is 0.330 e. The molecule has 1 fully saturated rings. The van der Waals surface area contributed by atoms with Gasteiger partial charge in [0.1, 0.15) is 0 Å². The van der Waals surface area contributed by atoms with Crippen molar-refractivity contribution in [2.75, 3.05) is 12.8 Å². The van der Waals surface area contributed by atoms with Gasteiger partial charge in [-0.3, -0.25) is 0 Å². The number of halogens is 2. The van der Waals surface area contributed by atoms with Gasteiger partial charge in [-0.05, 0) is 48.9 Å². The van der Waals surface area contributed by atoms with Gasteiger partial charge < -0.3 is 5.73 Å². The molecule has 2 aromatic carbocycles. The molecule has 3 rings (SSSR count). The van der Waals surface area contributed by atoms with E-state index in [9.17, 15) is 8.42 Å². The summed E-state index contributed by atoms with van der Waals surface area (Å²) in [6.07, 6.45) is 4.61. The van der Waals surface area contributed by atoms with Crippen molar-refractivity contribution in [3.63, 3.8) is 0 Å². The van der Waals surface area contributed by atoms with E-state index >= 15 is 0 Å². The van der Waals surface area contributed by atoms with Crippen molar-refractivity contribution in [2.45, 2.75) is 43.7 Å². The average molecular weight is 443 g/mol. The van der Waals surface area contributed by atoms with E-state index in [4.69, 9.17) is 17.3 Å². The Bertz CT molecular complexity index is 867. The first-order valence-corrected chi connectivity index (χ1v) is 11.5. The van der Waals surface area contributed by atoms with E-state index in [1.807, 2.05) is 48.5 Å². The van der Waals surface area contributed by atoms with Crippen LogP contribution in [0.5, 0.6) is 0 Å². The summed E-state index contributed by atoms with van der Waals surface area (Å²) in [5.74, 6) is 0. The van der Waals surface area contributed by atoms with Gasteiger partial charge in [-0.1, -0.05) is 54.1 Å². The highest BCUT2D eigenvalue weighted by Gasteiger charge is 2.39. The summed E-state index contributed by atoms with van der Waals surface area (Å²) in [4.78, 5) is 0. The molecule has 0 aromatic heterocycles.